The number of hydrogen-bond donors (Lipinski definition) is 2. The highest BCUT2D eigenvalue weighted by Gasteiger charge is 2.06. The molecule has 0 unspecified atom stereocenters. The van der Waals surface area contributed by atoms with Gasteiger partial charge in [-0.15, -0.1) is 0 Å². The number of aliphatic hydroxyl groups excluding tert-OH is 1. The number of rotatable bonds is 6. The fourth-order valence-corrected chi connectivity index (χ4v) is 1.24. The normalized spacial score (nSPS) is 10.1. The first-order valence-electron chi connectivity index (χ1n) is 4.87. The molecule has 16 heavy (non-hydrogen) atoms. The van der Waals surface area contributed by atoms with Gasteiger partial charge in [0.2, 0.25) is 0 Å². The molecule has 0 aliphatic rings. The van der Waals surface area contributed by atoms with Crippen molar-refractivity contribution in [2.24, 2.45) is 0 Å². The van der Waals surface area contributed by atoms with E-state index in [1.54, 1.807) is 6.07 Å². The number of ether oxygens (including phenoxy) is 1. The molecule has 1 aromatic carbocycles. The van der Waals surface area contributed by atoms with Crippen molar-refractivity contribution in [2.75, 3.05) is 13.2 Å². The van der Waals surface area contributed by atoms with Crippen LogP contribution < -0.4 is 4.74 Å². The molecule has 0 amide bonds. The molecule has 0 atom stereocenters. The smallest absolute Gasteiger partial charge is 0.341 e. The Bertz CT molecular complexity index is 365. The number of hydrogen-bond acceptors (Lipinski definition) is 3. The molecule has 88 valence electrons. The number of aryl methyl sites for hydroxylation is 1. The van der Waals surface area contributed by atoms with Gasteiger partial charge < -0.3 is 14.9 Å². The van der Waals surface area contributed by atoms with Crippen LogP contribution in [0.1, 0.15) is 12.0 Å². The van der Waals surface area contributed by atoms with Crippen LogP contribution in [0.2, 0.25) is 0 Å². The summed E-state index contributed by atoms with van der Waals surface area (Å²) in [4.78, 5) is 10.3. The monoisotopic (exact) mass is 228 g/mol. The van der Waals surface area contributed by atoms with Crippen LogP contribution >= 0.6 is 0 Å². The minimum absolute atomic E-state index is 0.0582. The number of carboxylic acid groups (broad SMARTS) is 1. The maximum Gasteiger partial charge on any atom is 0.341 e. The van der Waals surface area contributed by atoms with E-state index in [0.717, 1.165) is 5.56 Å². The van der Waals surface area contributed by atoms with E-state index in [2.05, 4.69) is 0 Å². The highest BCUT2D eigenvalue weighted by molar-refractivity contribution is 5.68. The van der Waals surface area contributed by atoms with Gasteiger partial charge in [0.25, 0.3) is 0 Å². The van der Waals surface area contributed by atoms with Gasteiger partial charge in [0.15, 0.2) is 18.2 Å². The van der Waals surface area contributed by atoms with Gasteiger partial charge in [-0.1, -0.05) is 6.07 Å². The number of aliphatic carboxylic acids is 1. The summed E-state index contributed by atoms with van der Waals surface area (Å²) in [6.45, 7) is -0.511. The first-order chi connectivity index (χ1) is 7.63. The maximum absolute atomic E-state index is 13.2. The topological polar surface area (TPSA) is 66.8 Å². The second-order valence-corrected chi connectivity index (χ2v) is 3.27. The summed E-state index contributed by atoms with van der Waals surface area (Å²) in [7, 11) is 0. The number of halogens is 1. The molecule has 5 heteroatoms. The molecule has 1 rings (SSSR count). The molecule has 0 aliphatic heterocycles. The highest BCUT2D eigenvalue weighted by Crippen LogP contribution is 2.19. The van der Waals surface area contributed by atoms with Crippen molar-refractivity contribution in [1.82, 2.24) is 0 Å². The lowest BCUT2D eigenvalue weighted by Crippen LogP contribution is -2.10. The van der Waals surface area contributed by atoms with Crippen LogP contribution in [0.4, 0.5) is 4.39 Å². The molecule has 0 heterocycles. The molecule has 0 spiro atoms. The average molecular weight is 228 g/mol. The second kappa shape index (κ2) is 6.07. The number of benzene rings is 1. The first-order valence-corrected chi connectivity index (χ1v) is 4.87. The third-order valence-corrected chi connectivity index (χ3v) is 1.97. The summed E-state index contributed by atoms with van der Waals surface area (Å²) in [5, 5.41) is 17.0. The second-order valence-electron chi connectivity index (χ2n) is 3.27. The van der Waals surface area contributed by atoms with Crippen LogP contribution in [0.5, 0.6) is 5.75 Å². The Labute approximate surface area is 92.3 Å². The zero-order valence-corrected chi connectivity index (χ0v) is 8.65. The van der Waals surface area contributed by atoms with Gasteiger partial charge in [0.05, 0.1) is 0 Å². The molecule has 0 aliphatic carbocycles. The molecule has 0 aromatic heterocycles. The summed E-state index contributed by atoms with van der Waals surface area (Å²) in [5.41, 5.74) is 0.802. The zero-order chi connectivity index (χ0) is 12.0. The highest BCUT2D eigenvalue weighted by atomic mass is 19.1. The van der Waals surface area contributed by atoms with Crippen molar-refractivity contribution >= 4 is 5.97 Å². The Morgan fingerprint density at radius 2 is 2.19 bits per heavy atom. The van der Waals surface area contributed by atoms with Gasteiger partial charge >= 0.3 is 5.97 Å². The van der Waals surface area contributed by atoms with Crippen LogP contribution in [0.25, 0.3) is 0 Å². The van der Waals surface area contributed by atoms with E-state index >= 15 is 0 Å². The van der Waals surface area contributed by atoms with Gasteiger partial charge in [-0.25, -0.2) is 9.18 Å². The molecular formula is C11H13FO4. The van der Waals surface area contributed by atoms with E-state index in [4.69, 9.17) is 14.9 Å². The largest absolute Gasteiger partial charge is 0.479 e. The van der Waals surface area contributed by atoms with E-state index in [0.29, 0.717) is 12.8 Å². The Kier molecular flexibility index (Phi) is 4.72. The third-order valence-electron chi connectivity index (χ3n) is 1.97. The number of aliphatic hydroxyl groups is 1. The third kappa shape index (κ3) is 3.86. The Balaban J connectivity index is 2.69. The molecule has 2 N–H and O–H groups in total. The van der Waals surface area contributed by atoms with Crippen molar-refractivity contribution in [3.63, 3.8) is 0 Å². The van der Waals surface area contributed by atoms with Gasteiger partial charge in [-0.3, -0.25) is 0 Å². The molecule has 1 aromatic rings. The lowest BCUT2D eigenvalue weighted by atomic mass is 10.1. The molecule has 4 nitrogen and oxygen atoms in total. The summed E-state index contributed by atoms with van der Waals surface area (Å²) in [5.74, 6) is -1.81. The molecule has 0 saturated carbocycles. The summed E-state index contributed by atoms with van der Waals surface area (Å²) in [6.07, 6.45) is 1.17. The van der Waals surface area contributed by atoms with Crippen LogP contribution in [0, 0.1) is 5.82 Å². The molecule has 0 fully saturated rings. The van der Waals surface area contributed by atoms with Gasteiger partial charge in [-0.05, 0) is 30.5 Å². The van der Waals surface area contributed by atoms with Crippen molar-refractivity contribution in [2.45, 2.75) is 12.8 Å². The quantitative estimate of drug-likeness (QED) is 0.768. The Morgan fingerprint density at radius 3 is 2.81 bits per heavy atom. The first kappa shape index (κ1) is 12.4. The van der Waals surface area contributed by atoms with Crippen molar-refractivity contribution in [3.8, 4) is 5.75 Å². The van der Waals surface area contributed by atoms with E-state index < -0.39 is 18.4 Å². The van der Waals surface area contributed by atoms with Crippen molar-refractivity contribution in [3.05, 3.63) is 29.6 Å². The average Bonchev–Trinajstić information content (AvgIpc) is 2.26. The Morgan fingerprint density at radius 1 is 1.44 bits per heavy atom. The van der Waals surface area contributed by atoms with Crippen LogP contribution in [-0.2, 0) is 11.2 Å². The lowest BCUT2D eigenvalue weighted by molar-refractivity contribution is -0.139. The van der Waals surface area contributed by atoms with Crippen molar-refractivity contribution in [1.29, 1.82) is 0 Å². The molecular weight excluding hydrogens is 215 g/mol. The van der Waals surface area contributed by atoms with E-state index in [1.807, 2.05) is 0 Å². The van der Waals surface area contributed by atoms with Crippen LogP contribution in [-0.4, -0.2) is 29.4 Å². The molecule has 0 radical (unpaired) electrons. The summed E-state index contributed by atoms with van der Waals surface area (Å²) in [6, 6.07) is 4.26. The fourth-order valence-electron chi connectivity index (χ4n) is 1.24. The van der Waals surface area contributed by atoms with E-state index in [1.165, 1.54) is 12.1 Å². The molecule has 0 bridgehead atoms. The SMILES string of the molecule is O=C(O)COc1cc(CCCO)ccc1F. The van der Waals surface area contributed by atoms with Crippen LogP contribution in [0.15, 0.2) is 18.2 Å². The number of carbonyl (C=O) groups is 1. The lowest BCUT2D eigenvalue weighted by Gasteiger charge is -2.07. The minimum atomic E-state index is -1.15. The summed E-state index contributed by atoms with van der Waals surface area (Å²) < 4.78 is 18.0. The predicted molar refractivity (Wildman–Crippen MR) is 54.9 cm³/mol. The molecule has 0 saturated heterocycles. The standard InChI is InChI=1S/C11H13FO4/c12-9-4-3-8(2-1-5-13)6-10(9)16-7-11(14)15/h3-4,6,13H,1-2,5,7H2,(H,14,15). The van der Waals surface area contributed by atoms with E-state index in [-0.39, 0.29) is 12.4 Å². The predicted octanol–water partition coefficient (Wildman–Crippen LogP) is 1.21. The summed E-state index contributed by atoms with van der Waals surface area (Å²) >= 11 is 0. The minimum Gasteiger partial charge on any atom is -0.479 e. The zero-order valence-electron chi connectivity index (χ0n) is 8.65. The van der Waals surface area contributed by atoms with Gasteiger partial charge in [0.1, 0.15) is 0 Å². The number of carboxylic acids is 1. The van der Waals surface area contributed by atoms with Crippen molar-refractivity contribution < 1.29 is 24.1 Å². The van der Waals surface area contributed by atoms with Gasteiger partial charge in [-0.2, -0.15) is 0 Å². The maximum atomic E-state index is 13.2. The van der Waals surface area contributed by atoms with Crippen LogP contribution in [0.3, 0.4) is 0 Å². The van der Waals surface area contributed by atoms with Gasteiger partial charge in [0, 0.05) is 6.61 Å². The Hall–Kier alpha value is -1.62. The fraction of sp³-hybridized carbons (Fsp3) is 0.364. The van der Waals surface area contributed by atoms with E-state index in [9.17, 15) is 9.18 Å².